The van der Waals surface area contributed by atoms with Gasteiger partial charge in [0.05, 0.1) is 24.8 Å². The number of ketones is 1. The number of halogens is 1. The van der Waals surface area contributed by atoms with Gasteiger partial charge in [0.2, 0.25) is 0 Å². The summed E-state index contributed by atoms with van der Waals surface area (Å²) in [6, 6.07) is 12.0. The Labute approximate surface area is 187 Å². The van der Waals surface area contributed by atoms with Gasteiger partial charge in [-0.05, 0) is 61.2 Å². The molecule has 0 fully saturated rings. The van der Waals surface area contributed by atoms with Crippen molar-refractivity contribution in [1.82, 2.24) is 14.5 Å². The summed E-state index contributed by atoms with van der Waals surface area (Å²) in [4.78, 5) is 19.1. The highest BCUT2D eigenvalue weighted by atomic mass is 19.1. The first-order chi connectivity index (χ1) is 15.5. The van der Waals surface area contributed by atoms with Gasteiger partial charge in [0.25, 0.3) is 0 Å². The third-order valence-electron chi connectivity index (χ3n) is 5.57. The number of ether oxygens (including phenoxy) is 1. The topological polar surface area (TPSA) is 47.4 Å². The average molecular weight is 432 g/mol. The van der Waals surface area contributed by atoms with E-state index in [1.54, 1.807) is 31.6 Å². The van der Waals surface area contributed by atoms with Crippen LogP contribution < -0.4 is 4.74 Å². The van der Waals surface area contributed by atoms with Crippen molar-refractivity contribution in [2.75, 3.05) is 20.2 Å². The minimum Gasteiger partial charge on any atom is -0.495 e. The van der Waals surface area contributed by atoms with E-state index in [0.717, 1.165) is 36.3 Å². The maximum Gasteiger partial charge on any atom is 0.187 e. The van der Waals surface area contributed by atoms with Crippen LogP contribution in [0.15, 0.2) is 73.3 Å². The van der Waals surface area contributed by atoms with Crippen LogP contribution in [0.5, 0.6) is 5.75 Å². The molecule has 164 valence electrons. The quantitative estimate of drug-likeness (QED) is 0.397. The number of nitrogens with zero attached hydrogens (tertiary/aromatic N) is 3. The maximum absolute atomic E-state index is 13.2. The molecule has 0 spiro atoms. The lowest BCUT2D eigenvalue weighted by atomic mass is 10.0. The smallest absolute Gasteiger partial charge is 0.187 e. The Morgan fingerprint density at radius 2 is 2.00 bits per heavy atom. The van der Waals surface area contributed by atoms with Gasteiger partial charge >= 0.3 is 0 Å². The van der Waals surface area contributed by atoms with Gasteiger partial charge in [-0.2, -0.15) is 0 Å². The van der Waals surface area contributed by atoms with E-state index in [4.69, 9.17) is 4.74 Å². The van der Waals surface area contributed by atoms with Crippen molar-refractivity contribution in [2.24, 2.45) is 0 Å². The highest BCUT2D eigenvalue weighted by molar-refractivity contribution is 6.04. The molecule has 3 aromatic rings. The third-order valence-corrected chi connectivity index (χ3v) is 5.57. The minimum atomic E-state index is -0.226. The zero-order valence-electron chi connectivity index (χ0n) is 18.3. The van der Waals surface area contributed by atoms with Crippen LogP contribution in [-0.2, 0) is 0 Å². The first kappa shape index (κ1) is 21.6. The zero-order valence-corrected chi connectivity index (χ0v) is 18.3. The number of aromatic nitrogens is 2. The van der Waals surface area contributed by atoms with Gasteiger partial charge < -0.3 is 14.2 Å². The van der Waals surface area contributed by atoms with Gasteiger partial charge in [-0.3, -0.25) is 4.79 Å². The molecule has 5 nitrogen and oxygen atoms in total. The Hall–Kier alpha value is -3.67. The van der Waals surface area contributed by atoms with Gasteiger partial charge in [0, 0.05) is 37.1 Å². The van der Waals surface area contributed by atoms with Crippen LogP contribution in [0, 0.1) is 12.7 Å². The summed E-state index contributed by atoms with van der Waals surface area (Å²) >= 11 is 0. The van der Waals surface area contributed by atoms with Crippen molar-refractivity contribution < 1.29 is 13.9 Å². The van der Waals surface area contributed by atoms with E-state index in [1.807, 2.05) is 42.1 Å². The molecule has 1 aliphatic heterocycles. The molecule has 0 N–H and O–H groups in total. The predicted molar refractivity (Wildman–Crippen MR) is 124 cm³/mol. The van der Waals surface area contributed by atoms with Crippen LogP contribution >= 0.6 is 0 Å². The summed E-state index contributed by atoms with van der Waals surface area (Å²) in [5.74, 6) is 0.308. The molecular weight excluding hydrogens is 405 g/mol. The van der Waals surface area contributed by atoms with Gasteiger partial charge in [-0.1, -0.05) is 18.2 Å². The number of allylic oxidation sites excluding steroid dienone is 2. The van der Waals surface area contributed by atoms with Crippen LogP contribution in [0.4, 0.5) is 4.39 Å². The fourth-order valence-electron chi connectivity index (χ4n) is 3.82. The van der Waals surface area contributed by atoms with Crippen LogP contribution in [-0.4, -0.2) is 40.4 Å². The highest BCUT2D eigenvalue weighted by Crippen LogP contribution is 2.26. The van der Waals surface area contributed by atoms with Crippen LogP contribution in [0.25, 0.3) is 11.3 Å². The number of carbonyl (C=O) groups excluding carboxylic acids is 1. The predicted octanol–water partition coefficient (Wildman–Crippen LogP) is 5.20. The minimum absolute atomic E-state index is 0.0800. The fourth-order valence-corrected chi connectivity index (χ4v) is 3.82. The summed E-state index contributed by atoms with van der Waals surface area (Å²) < 4.78 is 20.6. The molecule has 0 amide bonds. The second kappa shape index (κ2) is 9.64. The molecule has 2 heterocycles. The van der Waals surface area contributed by atoms with Gasteiger partial charge in [-0.25, -0.2) is 9.37 Å². The van der Waals surface area contributed by atoms with Crippen molar-refractivity contribution in [1.29, 1.82) is 0 Å². The van der Waals surface area contributed by atoms with Crippen molar-refractivity contribution in [3.05, 3.63) is 96.0 Å². The Morgan fingerprint density at radius 1 is 1.19 bits per heavy atom. The normalized spacial score (nSPS) is 14.3. The Balaban J connectivity index is 1.45. The summed E-state index contributed by atoms with van der Waals surface area (Å²) in [5, 5.41) is 0. The summed E-state index contributed by atoms with van der Waals surface area (Å²) in [6.45, 7) is 3.48. The second-order valence-corrected chi connectivity index (χ2v) is 7.82. The Bertz CT molecular complexity index is 1160. The number of hydrogen-bond donors (Lipinski definition) is 0. The molecule has 0 bridgehead atoms. The number of aryl methyl sites for hydroxylation is 1. The number of hydrogen-bond acceptors (Lipinski definition) is 4. The second-order valence-electron chi connectivity index (χ2n) is 7.82. The molecule has 1 aromatic heterocycles. The first-order valence-corrected chi connectivity index (χ1v) is 10.6. The molecule has 4 rings (SSSR count). The summed E-state index contributed by atoms with van der Waals surface area (Å²) in [6.07, 6.45) is 11.1. The number of rotatable bonds is 6. The molecule has 0 saturated heterocycles. The van der Waals surface area contributed by atoms with Crippen molar-refractivity contribution in [2.45, 2.75) is 19.8 Å². The summed E-state index contributed by atoms with van der Waals surface area (Å²) in [5.41, 5.74) is 4.57. The largest absolute Gasteiger partial charge is 0.495 e. The standard InChI is InChI=1S/C26H26FN3O2/c1-19-17-30(18-28-19)24-10-7-22(16-26(24)32-2)25(31)12-15-29-13-3-4-20(11-14-29)21-5-8-23(27)9-6-21/h5-12,15-18H,3-4,13-14H2,1-2H3/b15-12+. The van der Waals surface area contributed by atoms with Crippen LogP contribution in [0.3, 0.4) is 0 Å². The van der Waals surface area contributed by atoms with Crippen molar-refractivity contribution >= 4 is 11.4 Å². The van der Waals surface area contributed by atoms with Gasteiger partial charge in [-0.15, -0.1) is 0 Å². The van der Waals surface area contributed by atoms with Crippen LogP contribution in [0.2, 0.25) is 0 Å². The van der Waals surface area contributed by atoms with Gasteiger partial charge in [0.15, 0.2) is 5.78 Å². The molecule has 0 aliphatic carbocycles. The maximum atomic E-state index is 13.2. The molecular formula is C26H26FN3O2. The SMILES string of the molecule is COc1cc(C(=O)/C=C/N2CC=C(c3ccc(F)cc3)CCC2)ccc1-n1cnc(C)c1. The molecule has 0 atom stereocenters. The van der Waals surface area contributed by atoms with Crippen LogP contribution in [0.1, 0.15) is 34.5 Å². The molecule has 32 heavy (non-hydrogen) atoms. The van der Waals surface area contributed by atoms with E-state index in [2.05, 4.69) is 16.0 Å². The molecule has 0 unspecified atom stereocenters. The molecule has 1 aliphatic rings. The number of methoxy groups -OCH3 is 1. The monoisotopic (exact) mass is 431 g/mol. The fraction of sp³-hybridized carbons (Fsp3) is 0.231. The third kappa shape index (κ3) is 4.97. The highest BCUT2D eigenvalue weighted by Gasteiger charge is 2.12. The Kier molecular flexibility index (Phi) is 6.50. The number of benzene rings is 2. The first-order valence-electron chi connectivity index (χ1n) is 10.6. The number of carbonyl (C=O) groups is 1. The van der Waals surface area contributed by atoms with E-state index >= 15 is 0 Å². The Morgan fingerprint density at radius 3 is 2.72 bits per heavy atom. The molecule has 0 saturated carbocycles. The zero-order chi connectivity index (χ0) is 22.5. The lowest BCUT2D eigenvalue weighted by Gasteiger charge is -2.16. The van der Waals surface area contributed by atoms with E-state index in [9.17, 15) is 9.18 Å². The van der Waals surface area contributed by atoms with Crippen molar-refractivity contribution in [3.8, 4) is 11.4 Å². The molecule has 6 heteroatoms. The van der Waals surface area contributed by atoms with E-state index in [0.29, 0.717) is 17.9 Å². The lowest BCUT2D eigenvalue weighted by molar-refractivity contribution is 0.104. The number of imidazole rings is 1. The van der Waals surface area contributed by atoms with Gasteiger partial charge in [0.1, 0.15) is 11.6 Å². The molecule has 0 radical (unpaired) electrons. The van der Waals surface area contributed by atoms with Crippen molar-refractivity contribution in [3.63, 3.8) is 0 Å². The average Bonchev–Trinajstić information content (AvgIpc) is 3.10. The lowest BCUT2D eigenvalue weighted by Crippen LogP contribution is -2.17. The summed E-state index contributed by atoms with van der Waals surface area (Å²) in [7, 11) is 1.59. The van der Waals surface area contributed by atoms with E-state index < -0.39 is 0 Å². The van der Waals surface area contributed by atoms with E-state index in [1.165, 1.54) is 17.7 Å². The van der Waals surface area contributed by atoms with E-state index in [-0.39, 0.29) is 11.6 Å². The molecule has 2 aromatic carbocycles.